The molecule has 0 spiro atoms. The standard InChI is InChI=1S/C13H13BrF3NO3/c14-9-3-8(13(15,16)17)4-10(5-9)18-2-1-11(6-18)21-7-12(19)20/h3-5,11H,1-2,6-7H2,(H,19,20). The van der Waals surface area contributed by atoms with Gasteiger partial charge in [0.25, 0.3) is 0 Å². The molecular weight excluding hydrogens is 355 g/mol. The SMILES string of the molecule is O=C(O)COC1CCN(c2cc(Br)cc(C(F)(F)F)c2)C1. The Morgan fingerprint density at radius 1 is 1.43 bits per heavy atom. The molecule has 1 heterocycles. The van der Waals surface area contributed by atoms with Gasteiger partial charge in [-0.2, -0.15) is 13.2 Å². The minimum Gasteiger partial charge on any atom is -0.480 e. The van der Waals surface area contributed by atoms with Crippen LogP contribution in [0.15, 0.2) is 22.7 Å². The van der Waals surface area contributed by atoms with Gasteiger partial charge in [-0.15, -0.1) is 0 Å². The van der Waals surface area contributed by atoms with Crippen LogP contribution in [-0.2, 0) is 15.7 Å². The second-order valence-corrected chi connectivity index (χ2v) is 5.67. The van der Waals surface area contributed by atoms with Gasteiger partial charge < -0.3 is 14.7 Å². The highest BCUT2D eigenvalue weighted by atomic mass is 79.9. The van der Waals surface area contributed by atoms with Crippen LogP contribution in [0.5, 0.6) is 0 Å². The van der Waals surface area contributed by atoms with Crippen molar-refractivity contribution in [1.82, 2.24) is 0 Å². The van der Waals surface area contributed by atoms with Gasteiger partial charge in [-0.1, -0.05) is 15.9 Å². The number of carbonyl (C=O) groups is 1. The van der Waals surface area contributed by atoms with E-state index in [1.165, 1.54) is 0 Å². The zero-order chi connectivity index (χ0) is 15.6. The molecular formula is C13H13BrF3NO3. The molecule has 0 amide bonds. The van der Waals surface area contributed by atoms with E-state index in [0.717, 1.165) is 12.1 Å². The summed E-state index contributed by atoms with van der Waals surface area (Å²) < 4.78 is 43.9. The lowest BCUT2D eigenvalue weighted by Gasteiger charge is -2.20. The Hall–Kier alpha value is -1.28. The first-order chi connectivity index (χ1) is 9.75. The highest BCUT2D eigenvalue weighted by Gasteiger charge is 2.32. The van der Waals surface area contributed by atoms with Crippen molar-refractivity contribution in [3.63, 3.8) is 0 Å². The van der Waals surface area contributed by atoms with E-state index < -0.39 is 24.3 Å². The van der Waals surface area contributed by atoms with Gasteiger partial charge in [0.2, 0.25) is 0 Å². The summed E-state index contributed by atoms with van der Waals surface area (Å²) in [6, 6.07) is 3.72. The van der Waals surface area contributed by atoms with Crippen molar-refractivity contribution >= 4 is 27.6 Å². The Labute approximate surface area is 127 Å². The molecule has 1 unspecified atom stereocenters. The van der Waals surface area contributed by atoms with Crippen LogP contribution in [0.25, 0.3) is 0 Å². The molecule has 21 heavy (non-hydrogen) atoms. The lowest BCUT2D eigenvalue weighted by atomic mass is 10.2. The molecule has 0 aromatic heterocycles. The van der Waals surface area contributed by atoms with Crippen LogP contribution in [0.2, 0.25) is 0 Å². The van der Waals surface area contributed by atoms with Gasteiger partial charge in [0, 0.05) is 23.2 Å². The highest BCUT2D eigenvalue weighted by molar-refractivity contribution is 9.10. The van der Waals surface area contributed by atoms with Crippen molar-refractivity contribution < 1.29 is 27.8 Å². The third-order valence-corrected chi connectivity index (χ3v) is 3.62. The first kappa shape index (κ1) is 16.1. The molecule has 1 fully saturated rings. The van der Waals surface area contributed by atoms with E-state index in [-0.39, 0.29) is 6.10 Å². The number of carboxylic acids is 1. The first-order valence-electron chi connectivity index (χ1n) is 6.22. The van der Waals surface area contributed by atoms with E-state index >= 15 is 0 Å². The molecule has 1 aliphatic rings. The normalized spacial score (nSPS) is 19.0. The van der Waals surface area contributed by atoms with Gasteiger partial charge in [-0.25, -0.2) is 4.79 Å². The molecule has 2 rings (SSSR count). The van der Waals surface area contributed by atoms with E-state index in [1.807, 2.05) is 0 Å². The first-order valence-corrected chi connectivity index (χ1v) is 7.01. The predicted octanol–water partition coefficient (Wildman–Crippen LogP) is 3.15. The number of hydrogen-bond acceptors (Lipinski definition) is 3. The number of rotatable bonds is 4. The number of alkyl halides is 3. The average Bonchev–Trinajstić information content (AvgIpc) is 2.83. The van der Waals surface area contributed by atoms with Crippen molar-refractivity contribution in [2.45, 2.75) is 18.7 Å². The lowest BCUT2D eigenvalue weighted by Crippen LogP contribution is -2.24. The van der Waals surface area contributed by atoms with Crippen LogP contribution < -0.4 is 4.90 Å². The minimum absolute atomic E-state index is 0.283. The Balaban J connectivity index is 2.09. The largest absolute Gasteiger partial charge is 0.480 e. The van der Waals surface area contributed by atoms with Gasteiger partial charge in [-0.05, 0) is 24.6 Å². The van der Waals surface area contributed by atoms with Crippen LogP contribution in [0.4, 0.5) is 18.9 Å². The minimum atomic E-state index is -4.41. The zero-order valence-electron chi connectivity index (χ0n) is 10.9. The number of benzene rings is 1. The summed E-state index contributed by atoms with van der Waals surface area (Å²) in [6.07, 6.45) is -4.10. The van der Waals surface area contributed by atoms with E-state index in [0.29, 0.717) is 29.7 Å². The predicted molar refractivity (Wildman–Crippen MR) is 73.3 cm³/mol. The van der Waals surface area contributed by atoms with Crippen LogP contribution in [0.1, 0.15) is 12.0 Å². The third kappa shape index (κ3) is 4.34. The van der Waals surface area contributed by atoms with Crippen molar-refractivity contribution in [2.24, 2.45) is 0 Å². The van der Waals surface area contributed by atoms with Gasteiger partial charge in [0.1, 0.15) is 6.61 Å². The molecule has 1 N–H and O–H groups in total. The van der Waals surface area contributed by atoms with E-state index in [9.17, 15) is 18.0 Å². The van der Waals surface area contributed by atoms with E-state index in [4.69, 9.17) is 9.84 Å². The number of ether oxygens (including phenoxy) is 1. The van der Waals surface area contributed by atoms with E-state index in [2.05, 4.69) is 15.9 Å². The number of carboxylic acid groups (broad SMARTS) is 1. The molecule has 1 aliphatic heterocycles. The quantitative estimate of drug-likeness (QED) is 0.887. The summed E-state index contributed by atoms with van der Waals surface area (Å²) in [5.74, 6) is -1.06. The Morgan fingerprint density at radius 2 is 2.14 bits per heavy atom. The number of anilines is 1. The second kappa shape index (κ2) is 6.23. The summed E-state index contributed by atoms with van der Waals surface area (Å²) in [7, 11) is 0. The van der Waals surface area contributed by atoms with Crippen molar-refractivity contribution in [2.75, 3.05) is 24.6 Å². The fourth-order valence-electron chi connectivity index (χ4n) is 2.21. The Kier molecular flexibility index (Phi) is 4.77. The molecule has 0 bridgehead atoms. The molecule has 1 atom stereocenters. The smallest absolute Gasteiger partial charge is 0.416 e. The monoisotopic (exact) mass is 367 g/mol. The van der Waals surface area contributed by atoms with Crippen molar-refractivity contribution in [3.8, 4) is 0 Å². The number of aliphatic carboxylic acids is 1. The van der Waals surface area contributed by atoms with Gasteiger partial charge in [0.05, 0.1) is 11.7 Å². The molecule has 116 valence electrons. The summed E-state index contributed by atoms with van der Waals surface area (Å²) in [6.45, 7) is 0.504. The summed E-state index contributed by atoms with van der Waals surface area (Å²) in [5, 5.41) is 8.55. The third-order valence-electron chi connectivity index (χ3n) is 3.16. The van der Waals surface area contributed by atoms with Crippen molar-refractivity contribution in [1.29, 1.82) is 0 Å². The van der Waals surface area contributed by atoms with E-state index in [1.54, 1.807) is 11.0 Å². The molecule has 1 aromatic carbocycles. The molecule has 0 aliphatic carbocycles. The van der Waals surface area contributed by atoms with Crippen LogP contribution in [0.3, 0.4) is 0 Å². The molecule has 0 saturated carbocycles. The maximum atomic E-state index is 12.8. The molecule has 1 aromatic rings. The van der Waals surface area contributed by atoms with Gasteiger partial charge in [0.15, 0.2) is 0 Å². The fourth-order valence-corrected chi connectivity index (χ4v) is 2.69. The molecule has 0 radical (unpaired) electrons. The molecule has 8 heteroatoms. The number of nitrogens with zero attached hydrogens (tertiary/aromatic N) is 1. The number of halogens is 4. The summed E-state index contributed by atoms with van der Waals surface area (Å²) in [5.41, 5.74) is -0.278. The lowest BCUT2D eigenvalue weighted by molar-refractivity contribution is -0.144. The summed E-state index contributed by atoms with van der Waals surface area (Å²) in [4.78, 5) is 12.2. The average molecular weight is 368 g/mol. The molecule has 4 nitrogen and oxygen atoms in total. The molecule has 1 saturated heterocycles. The highest BCUT2D eigenvalue weighted by Crippen LogP contribution is 2.35. The Bertz CT molecular complexity index is 536. The second-order valence-electron chi connectivity index (χ2n) is 4.76. The van der Waals surface area contributed by atoms with Crippen LogP contribution >= 0.6 is 15.9 Å². The topological polar surface area (TPSA) is 49.8 Å². The fraction of sp³-hybridized carbons (Fsp3) is 0.462. The number of hydrogen-bond donors (Lipinski definition) is 1. The maximum absolute atomic E-state index is 12.8. The van der Waals surface area contributed by atoms with Crippen LogP contribution in [0, 0.1) is 0 Å². The summed E-state index contributed by atoms with van der Waals surface area (Å²) >= 11 is 3.08. The maximum Gasteiger partial charge on any atom is 0.416 e. The van der Waals surface area contributed by atoms with Gasteiger partial charge >= 0.3 is 12.1 Å². The zero-order valence-corrected chi connectivity index (χ0v) is 12.4. The Morgan fingerprint density at radius 3 is 2.76 bits per heavy atom. The van der Waals surface area contributed by atoms with Crippen molar-refractivity contribution in [3.05, 3.63) is 28.2 Å². The van der Waals surface area contributed by atoms with Gasteiger partial charge in [-0.3, -0.25) is 0 Å². The van der Waals surface area contributed by atoms with Crippen LogP contribution in [-0.4, -0.2) is 36.9 Å².